The second-order valence-electron chi connectivity index (χ2n) is 9.00. The Balaban J connectivity index is 1.40. The first-order chi connectivity index (χ1) is 18.3. The van der Waals surface area contributed by atoms with Crippen LogP contribution in [0.25, 0.3) is 11.1 Å². The number of amides is 2. The highest BCUT2D eigenvalue weighted by Gasteiger charge is 2.32. The van der Waals surface area contributed by atoms with E-state index in [9.17, 15) is 22.8 Å². The summed E-state index contributed by atoms with van der Waals surface area (Å²) in [4.78, 5) is 32.3. The lowest BCUT2D eigenvalue weighted by Crippen LogP contribution is -2.29. The van der Waals surface area contributed by atoms with Crippen molar-refractivity contribution in [2.45, 2.75) is 25.4 Å². The summed E-state index contributed by atoms with van der Waals surface area (Å²) in [5.41, 5.74) is 2.83. The maximum Gasteiger partial charge on any atom is 0.416 e. The maximum absolute atomic E-state index is 13.5. The summed E-state index contributed by atoms with van der Waals surface area (Å²) in [6, 6.07) is 22.8. The largest absolute Gasteiger partial charge is 0.416 e. The minimum Gasteiger partial charge on any atom is -0.322 e. The van der Waals surface area contributed by atoms with Gasteiger partial charge in [-0.15, -0.1) is 0 Å². The molecular formula is C30H24F3N3O2. The third-order valence-electron chi connectivity index (χ3n) is 6.57. The van der Waals surface area contributed by atoms with E-state index in [-0.39, 0.29) is 17.9 Å². The van der Waals surface area contributed by atoms with Gasteiger partial charge in [0.2, 0.25) is 5.91 Å². The first kappa shape index (κ1) is 25.2. The number of nitrogens with one attached hydrogen (secondary N) is 1. The lowest BCUT2D eigenvalue weighted by Gasteiger charge is -2.18. The van der Waals surface area contributed by atoms with E-state index in [0.717, 1.165) is 23.4 Å². The molecule has 38 heavy (non-hydrogen) atoms. The van der Waals surface area contributed by atoms with Crippen molar-refractivity contribution in [3.05, 3.63) is 114 Å². The van der Waals surface area contributed by atoms with Gasteiger partial charge in [0.25, 0.3) is 5.91 Å². The zero-order chi connectivity index (χ0) is 26.7. The van der Waals surface area contributed by atoms with Crippen molar-refractivity contribution in [1.29, 1.82) is 0 Å². The number of benzene rings is 3. The van der Waals surface area contributed by atoms with Crippen molar-refractivity contribution < 1.29 is 22.8 Å². The van der Waals surface area contributed by atoms with E-state index >= 15 is 0 Å². The Morgan fingerprint density at radius 2 is 1.71 bits per heavy atom. The zero-order valence-electron chi connectivity index (χ0n) is 20.3. The van der Waals surface area contributed by atoms with Crippen LogP contribution in [0.1, 0.15) is 33.6 Å². The first-order valence-corrected chi connectivity index (χ1v) is 12.2. The molecule has 1 aromatic heterocycles. The fraction of sp³-hybridized carbons (Fsp3) is 0.167. The smallest absolute Gasteiger partial charge is 0.322 e. The number of anilines is 2. The SMILES string of the molecule is O=C(Nc1cccc2c1CCN2C(=O)CCc1ccccn1)c1cc(C(F)(F)F)ccc1-c1ccccc1. The molecular weight excluding hydrogens is 491 g/mol. The summed E-state index contributed by atoms with van der Waals surface area (Å²) >= 11 is 0. The summed E-state index contributed by atoms with van der Waals surface area (Å²) in [6.45, 7) is 0.460. The standard InChI is InChI=1S/C30H24F3N3O2/c31-30(32,33)21-12-14-23(20-7-2-1-3-8-20)25(19-21)29(38)35-26-10-6-11-27-24(26)16-18-36(27)28(37)15-13-22-9-4-5-17-34-22/h1-12,14,17,19H,13,15-16,18H2,(H,35,38). The molecule has 1 aliphatic rings. The van der Waals surface area contributed by atoms with Crippen molar-refractivity contribution in [2.75, 3.05) is 16.8 Å². The molecule has 0 fully saturated rings. The predicted octanol–water partition coefficient (Wildman–Crippen LogP) is 6.54. The van der Waals surface area contributed by atoms with Crippen molar-refractivity contribution in [3.8, 4) is 11.1 Å². The molecule has 0 unspecified atom stereocenters. The number of hydrogen-bond acceptors (Lipinski definition) is 3. The molecule has 1 N–H and O–H groups in total. The van der Waals surface area contributed by atoms with E-state index in [1.54, 1.807) is 53.6 Å². The van der Waals surface area contributed by atoms with Crippen LogP contribution in [0.15, 0.2) is 91.1 Å². The topological polar surface area (TPSA) is 62.3 Å². The second kappa shape index (κ2) is 10.5. The van der Waals surface area contributed by atoms with Crippen LogP contribution in [0.3, 0.4) is 0 Å². The lowest BCUT2D eigenvalue weighted by atomic mass is 9.96. The molecule has 4 aromatic rings. The van der Waals surface area contributed by atoms with Gasteiger partial charge in [0.05, 0.1) is 5.56 Å². The highest BCUT2D eigenvalue weighted by molar-refractivity contribution is 6.10. The minimum absolute atomic E-state index is 0.0536. The molecule has 1 aliphatic heterocycles. The molecule has 0 radical (unpaired) electrons. The summed E-state index contributed by atoms with van der Waals surface area (Å²) in [5.74, 6) is -0.703. The van der Waals surface area contributed by atoms with Crippen LogP contribution in [0.4, 0.5) is 24.5 Å². The van der Waals surface area contributed by atoms with Gasteiger partial charge in [0.15, 0.2) is 0 Å². The summed E-state index contributed by atoms with van der Waals surface area (Å²) < 4.78 is 40.5. The molecule has 8 heteroatoms. The average molecular weight is 516 g/mol. The van der Waals surface area contributed by atoms with E-state index in [0.29, 0.717) is 41.9 Å². The molecule has 0 spiro atoms. The van der Waals surface area contributed by atoms with Crippen LogP contribution in [0, 0.1) is 0 Å². The van der Waals surface area contributed by atoms with Gasteiger partial charge in [-0.2, -0.15) is 13.2 Å². The van der Waals surface area contributed by atoms with Crippen LogP contribution in [-0.4, -0.2) is 23.3 Å². The van der Waals surface area contributed by atoms with Crippen LogP contribution < -0.4 is 10.2 Å². The Hall–Kier alpha value is -4.46. The van der Waals surface area contributed by atoms with E-state index in [2.05, 4.69) is 10.3 Å². The van der Waals surface area contributed by atoms with Crippen LogP contribution in [-0.2, 0) is 23.8 Å². The number of hydrogen-bond donors (Lipinski definition) is 1. The molecule has 5 rings (SSSR count). The third kappa shape index (κ3) is 5.29. The van der Waals surface area contributed by atoms with Gasteiger partial charge >= 0.3 is 6.18 Å². The Kier molecular flexibility index (Phi) is 6.96. The number of carbonyl (C=O) groups excluding carboxylic acids is 2. The minimum atomic E-state index is -4.59. The number of carbonyl (C=O) groups is 2. The highest BCUT2D eigenvalue weighted by Crippen LogP contribution is 2.36. The van der Waals surface area contributed by atoms with Crippen molar-refractivity contribution in [2.24, 2.45) is 0 Å². The predicted molar refractivity (Wildman–Crippen MR) is 140 cm³/mol. The van der Waals surface area contributed by atoms with Gasteiger partial charge in [0.1, 0.15) is 0 Å². The zero-order valence-corrected chi connectivity index (χ0v) is 20.3. The Bertz CT molecular complexity index is 1470. The van der Waals surface area contributed by atoms with Crippen molar-refractivity contribution >= 4 is 23.2 Å². The fourth-order valence-electron chi connectivity index (χ4n) is 4.69. The molecule has 0 saturated carbocycles. The van der Waals surface area contributed by atoms with Crippen LogP contribution in [0.5, 0.6) is 0 Å². The molecule has 192 valence electrons. The van der Waals surface area contributed by atoms with Gasteiger partial charge in [-0.1, -0.05) is 48.5 Å². The van der Waals surface area contributed by atoms with Crippen LogP contribution >= 0.6 is 0 Å². The molecule has 5 nitrogen and oxygen atoms in total. The molecule has 2 heterocycles. The van der Waals surface area contributed by atoms with Crippen molar-refractivity contribution in [3.63, 3.8) is 0 Å². The van der Waals surface area contributed by atoms with Crippen LogP contribution in [0.2, 0.25) is 0 Å². The van der Waals surface area contributed by atoms with E-state index < -0.39 is 17.6 Å². The number of aryl methyl sites for hydroxylation is 1. The summed E-state index contributed by atoms with van der Waals surface area (Å²) in [5, 5.41) is 2.81. The van der Waals surface area contributed by atoms with E-state index in [1.165, 1.54) is 6.07 Å². The number of alkyl halides is 3. The third-order valence-corrected chi connectivity index (χ3v) is 6.57. The monoisotopic (exact) mass is 515 g/mol. The van der Waals surface area contributed by atoms with Gasteiger partial charge in [-0.3, -0.25) is 14.6 Å². The number of halogens is 3. The molecule has 0 saturated heterocycles. The number of nitrogens with zero attached hydrogens (tertiary/aromatic N) is 2. The highest BCUT2D eigenvalue weighted by atomic mass is 19.4. The normalized spacial score (nSPS) is 12.8. The Morgan fingerprint density at radius 3 is 2.45 bits per heavy atom. The molecule has 3 aromatic carbocycles. The van der Waals surface area contributed by atoms with Gasteiger partial charge in [0, 0.05) is 47.4 Å². The molecule has 0 aliphatic carbocycles. The number of rotatable bonds is 6. The first-order valence-electron chi connectivity index (χ1n) is 12.2. The van der Waals surface area contributed by atoms with E-state index in [1.807, 2.05) is 24.3 Å². The van der Waals surface area contributed by atoms with Gasteiger partial charge < -0.3 is 10.2 Å². The number of pyridine rings is 1. The fourth-order valence-corrected chi connectivity index (χ4v) is 4.69. The Morgan fingerprint density at radius 1 is 0.921 bits per heavy atom. The van der Waals surface area contributed by atoms with Gasteiger partial charge in [-0.05, 0) is 60.4 Å². The second-order valence-corrected chi connectivity index (χ2v) is 9.00. The van der Waals surface area contributed by atoms with Crippen molar-refractivity contribution in [1.82, 2.24) is 4.98 Å². The Labute approximate surface area is 218 Å². The quantitative estimate of drug-likeness (QED) is 0.317. The molecule has 2 amide bonds. The molecule has 0 bridgehead atoms. The summed E-state index contributed by atoms with van der Waals surface area (Å²) in [7, 11) is 0. The summed E-state index contributed by atoms with van der Waals surface area (Å²) in [6.07, 6.45) is -1.57. The number of aromatic nitrogens is 1. The van der Waals surface area contributed by atoms with Gasteiger partial charge in [-0.25, -0.2) is 0 Å². The molecule has 0 atom stereocenters. The lowest BCUT2D eigenvalue weighted by molar-refractivity contribution is -0.137. The maximum atomic E-state index is 13.5. The number of fused-ring (bicyclic) bond motifs is 1. The average Bonchev–Trinajstić information content (AvgIpc) is 3.37. The van der Waals surface area contributed by atoms with E-state index in [4.69, 9.17) is 0 Å².